The number of carbonyl (C=O) groups excluding carboxylic acids is 3. The number of carbonyl (C=O) groups is 3. The maximum absolute atomic E-state index is 14.0. The molecule has 0 radical (unpaired) electrons. The Morgan fingerprint density at radius 3 is 2.02 bits per heavy atom. The minimum Gasteiger partial charge on any atom is -0.406 e. The number of H-pyrrole nitrogens is 1. The summed E-state index contributed by atoms with van der Waals surface area (Å²) in [6.45, 7) is 6.86. The second-order valence-electron chi connectivity index (χ2n) is 13.6. The molecule has 0 unspecified atom stereocenters. The van der Waals surface area contributed by atoms with Gasteiger partial charge in [0.1, 0.15) is 5.75 Å². The number of alkyl halides is 3. The maximum Gasteiger partial charge on any atom is 0.573 e. The van der Waals surface area contributed by atoms with Crippen LogP contribution in [0, 0.1) is 5.92 Å². The van der Waals surface area contributed by atoms with Crippen molar-refractivity contribution in [1.82, 2.24) is 29.6 Å². The Bertz CT molecular complexity index is 1890. The maximum atomic E-state index is 14.0. The summed E-state index contributed by atoms with van der Waals surface area (Å²) in [6.07, 6.45) is 0.276. The van der Waals surface area contributed by atoms with Gasteiger partial charge in [0.05, 0.1) is 11.4 Å². The van der Waals surface area contributed by atoms with Crippen LogP contribution in [0.1, 0.15) is 43.0 Å². The fourth-order valence-electron chi connectivity index (χ4n) is 7.61. The lowest BCUT2D eigenvalue weighted by atomic mass is 9.93. The molecule has 1 N–H and O–H groups in total. The Balaban J connectivity index is 1.01. The van der Waals surface area contributed by atoms with Gasteiger partial charge in [-0.1, -0.05) is 6.07 Å². The van der Waals surface area contributed by atoms with E-state index in [1.54, 1.807) is 19.1 Å². The van der Waals surface area contributed by atoms with Crippen LogP contribution in [0.4, 0.5) is 13.2 Å². The van der Waals surface area contributed by atoms with Gasteiger partial charge in [-0.15, -0.1) is 13.2 Å². The lowest BCUT2D eigenvalue weighted by Gasteiger charge is -2.43. The molecule has 4 aromatic rings. The highest BCUT2D eigenvalue weighted by atomic mass is 19.4. The standard InChI is InChI=1S/C38H41F3N6O4/c1-25(48)44-14-9-27(10-15-44)36(49)46-16-11-31(12-17-46)45-18-20-47(21-19-45)37(50)30-23-34(26-2-5-32(6-3-26)51-38(39,40)41)43-35(24-30)28-4-7-33-29(22-28)8-13-42-33/h2-8,13,22-24,27,31,42H,9-12,14-21H2,1H3. The minimum atomic E-state index is -4.80. The topological polar surface area (TPSA) is 102 Å². The summed E-state index contributed by atoms with van der Waals surface area (Å²) in [4.78, 5) is 55.0. The third kappa shape index (κ3) is 7.88. The number of hydrogen-bond acceptors (Lipinski definition) is 6. The number of halogens is 3. The van der Waals surface area contributed by atoms with Gasteiger partial charge in [-0.05, 0) is 80.3 Å². The molecule has 0 spiro atoms. The summed E-state index contributed by atoms with van der Waals surface area (Å²) in [7, 11) is 0. The highest BCUT2D eigenvalue weighted by Gasteiger charge is 2.34. The quantitative estimate of drug-likeness (QED) is 0.273. The summed E-state index contributed by atoms with van der Waals surface area (Å²) < 4.78 is 42.4. The minimum absolute atomic E-state index is 0.0137. The molecule has 2 aromatic carbocycles. The van der Waals surface area contributed by atoms with E-state index in [4.69, 9.17) is 4.98 Å². The first-order chi connectivity index (χ1) is 24.5. The summed E-state index contributed by atoms with van der Waals surface area (Å²) in [5, 5.41) is 0.988. The Kier molecular flexibility index (Phi) is 9.73. The molecule has 3 aliphatic heterocycles. The molecule has 0 bridgehead atoms. The van der Waals surface area contributed by atoms with E-state index in [0.29, 0.717) is 54.7 Å². The molecule has 3 amide bonds. The largest absolute Gasteiger partial charge is 0.573 e. The molecular weight excluding hydrogens is 661 g/mol. The zero-order valence-corrected chi connectivity index (χ0v) is 28.5. The van der Waals surface area contributed by atoms with Crippen molar-refractivity contribution in [2.75, 3.05) is 52.4 Å². The Morgan fingerprint density at radius 2 is 1.37 bits per heavy atom. The Hall–Kier alpha value is -4.91. The molecule has 51 heavy (non-hydrogen) atoms. The third-order valence-corrected chi connectivity index (χ3v) is 10.5. The second kappa shape index (κ2) is 14.4. The number of amides is 3. The van der Waals surface area contributed by atoms with Crippen LogP contribution in [0.25, 0.3) is 33.4 Å². The third-order valence-electron chi connectivity index (χ3n) is 10.5. The normalized spacial score (nSPS) is 18.3. The average molecular weight is 703 g/mol. The summed E-state index contributed by atoms with van der Waals surface area (Å²) in [5.74, 6) is -0.202. The molecule has 3 saturated heterocycles. The number of fused-ring (bicyclic) bond motifs is 1. The molecule has 2 aromatic heterocycles. The number of hydrogen-bond donors (Lipinski definition) is 1. The number of nitrogens with one attached hydrogen (secondary N) is 1. The predicted octanol–water partition coefficient (Wildman–Crippen LogP) is 5.80. The van der Waals surface area contributed by atoms with Crippen molar-refractivity contribution in [3.63, 3.8) is 0 Å². The first-order valence-electron chi connectivity index (χ1n) is 17.5. The first kappa shape index (κ1) is 34.5. The van der Waals surface area contributed by atoms with E-state index in [1.807, 2.05) is 45.2 Å². The van der Waals surface area contributed by atoms with Gasteiger partial charge in [0, 0.05) is 105 Å². The number of piperidine rings is 2. The Morgan fingerprint density at radius 1 is 0.745 bits per heavy atom. The van der Waals surface area contributed by atoms with Crippen LogP contribution in [-0.2, 0) is 9.59 Å². The lowest BCUT2D eigenvalue weighted by Crippen LogP contribution is -2.55. The molecule has 0 atom stereocenters. The van der Waals surface area contributed by atoms with Gasteiger partial charge in [0.2, 0.25) is 11.8 Å². The van der Waals surface area contributed by atoms with Crippen LogP contribution < -0.4 is 4.74 Å². The molecule has 7 rings (SSSR count). The molecule has 10 nitrogen and oxygen atoms in total. The van der Waals surface area contributed by atoms with E-state index in [2.05, 4.69) is 14.6 Å². The fraction of sp³-hybridized carbons (Fsp3) is 0.421. The molecule has 3 fully saturated rings. The predicted molar refractivity (Wildman–Crippen MR) is 186 cm³/mol. The van der Waals surface area contributed by atoms with Crippen LogP contribution in [0.5, 0.6) is 5.75 Å². The number of aromatic amines is 1. The van der Waals surface area contributed by atoms with Crippen molar-refractivity contribution in [3.05, 3.63) is 72.4 Å². The van der Waals surface area contributed by atoms with E-state index >= 15 is 0 Å². The molecule has 3 aliphatic rings. The summed E-state index contributed by atoms with van der Waals surface area (Å²) in [6, 6.07) is 17.1. The lowest BCUT2D eigenvalue weighted by molar-refractivity contribution is -0.274. The number of nitrogens with zero attached hydrogens (tertiary/aromatic N) is 5. The summed E-state index contributed by atoms with van der Waals surface area (Å²) >= 11 is 0. The van der Waals surface area contributed by atoms with Gasteiger partial charge in [0.25, 0.3) is 5.91 Å². The second-order valence-corrected chi connectivity index (χ2v) is 13.6. The van der Waals surface area contributed by atoms with E-state index in [1.165, 1.54) is 24.3 Å². The van der Waals surface area contributed by atoms with Crippen LogP contribution in [0.2, 0.25) is 0 Å². The molecule has 0 aliphatic carbocycles. The number of benzene rings is 2. The zero-order chi connectivity index (χ0) is 35.7. The SMILES string of the molecule is CC(=O)N1CCC(C(=O)N2CCC(N3CCN(C(=O)c4cc(-c5ccc(OC(F)(F)F)cc5)nc(-c5ccc6[nH]ccc6c5)c4)CC3)CC2)CC1. The highest BCUT2D eigenvalue weighted by molar-refractivity contribution is 5.97. The fourth-order valence-corrected chi connectivity index (χ4v) is 7.61. The van der Waals surface area contributed by atoms with Crippen LogP contribution in [0.15, 0.2) is 66.9 Å². The first-order valence-corrected chi connectivity index (χ1v) is 17.5. The van der Waals surface area contributed by atoms with Crippen molar-refractivity contribution in [2.24, 2.45) is 5.92 Å². The van der Waals surface area contributed by atoms with Gasteiger partial charge in [-0.2, -0.15) is 0 Å². The molecule has 0 saturated carbocycles. The van der Waals surface area contributed by atoms with Crippen molar-refractivity contribution < 1.29 is 32.3 Å². The number of ether oxygens (including phenoxy) is 1. The van der Waals surface area contributed by atoms with Gasteiger partial charge in [-0.25, -0.2) is 4.98 Å². The number of likely N-dealkylation sites (tertiary alicyclic amines) is 2. The number of aromatic nitrogens is 2. The van der Waals surface area contributed by atoms with Gasteiger partial charge >= 0.3 is 6.36 Å². The van der Waals surface area contributed by atoms with Crippen LogP contribution in [-0.4, -0.2) is 112 Å². The molecule has 13 heteroatoms. The number of pyridine rings is 1. The Labute approximate surface area is 294 Å². The number of piperazine rings is 1. The highest BCUT2D eigenvalue weighted by Crippen LogP contribution is 2.31. The van der Waals surface area contributed by atoms with Crippen LogP contribution in [0.3, 0.4) is 0 Å². The molecular formula is C38H41F3N6O4. The average Bonchev–Trinajstić information content (AvgIpc) is 3.62. The smallest absolute Gasteiger partial charge is 0.406 e. The van der Waals surface area contributed by atoms with Crippen molar-refractivity contribution in [2.45, 2.75) is 45.0 Å². The van der Waals surface area contributed by atoms with Crippen LogP contribution >= 0.6 is 0 Å². The monoisotopic (exact) mass is 702 g/mol. The zero-order valence-electron chi connectivity index (χ0n) is 28.5. The van der Waals surface area contributed by atoms with E-state index in [0.717, 1.165) is 68.3 Å². The number of rotatable bonds is 6. The van der Waals surface area contributed by atoms with Gasteiger partial charge in [0.15, 0.2) is 0 Å². The van der Waals surface area contributed by atoms with E-state index in [9.17, 15) is 27.6 Å². The molecule has 5 heterocycles. The van der Waals surface area contributed by atoms with Gasteiger partial charge in [-0.3, -0.25) is 19.3 Å². The van der Waals surface area contributed by atoms with E-state index < -0.39 is 6.36 Å². The van der Waals surface area contributed by atoms with E-state index in [-0.39, 0.29) is 29.4 Å². The molecule has 268 valence electrons. The van der Waals surface area contributed by atoms with Crippen molar-refractivity contribution in [1.29, 1.82) is 0 Å². The van der Waals surface area contributed by atoms with Crippen molar-refractivity contribution in [3.8, 4) is 28.3 Å². The summed E-state index contributed by atoms with van der Waals surface area (Å²) in [5.41, 5.74) is 3.83. The van der Waals surface area contributed by atoms with Crippen molar-refractivity contribution >= 4 is 28.6 Å². The van der Waals surface area contributed by atoms with Gasteiger partial charge < -0.3 is 24.4 Å².